The Morgan fingerprint density at radius 3 is 2.68 bits per heavy atom. The van der Waals surface area contributed by atoms with Crippen LogP contribution < -0.4 is 4.72 Å². The molecule has 102 valence electrons. The topological polar surface area (TPSA) is 59.1 Å². The Morgan fingerprint density at radius 2 is 2.16 bits per heavy atom. The molecule has 0 radical (unpaired) electrons. The first-order chi connectivity index (χ1) is 8.79. The highest BCUT2D eigenvalue weighted by molar-refractivity contribution is 14.1. The number of hydrogen-bond acceptors (Lipinski definition) is 4. The standard InChI is InChI=1S/C10H7BrClIN2O2S2/c1-5-9(18-10(12)14-5)19(16,17)15-8-3-2-6(13)4-7(8)11/h2-4,15H,1H3. The van der Waals surface area contributed by atoms with Crippen LogP contribution in [-0.4, -0.2) is 13.4 Å². The Labute approximate surface area is 141 Å². The van der Waals surface area contributed by atoms with Crippen LogP contribution in [-0.2, 0) is 10.0 Å². The van der Waals surface area contributed by atoms with E-state index in [4.69, 9.17) is 11.6 Å². The molecule has 0 aliphatic heterocycles. The average Bonchev–Trinajstić information content (AvgIpc) is 2.63. The predicted octanol–water partition coefficient (Wildman–Crippen LogP) is 4.27. The minimum Gasteiger partial charge on any atom is -0.278 e. The number of halogens is 3. The number of nitrogens with one attached hydrogen (secondary N) is 1. The van der Waals surface area contributed by atoms with E-state index in [1.54, 1.807) is 13.0 Å². The van der Waals surface area contributed by atoms with Gasteiger partial charge in [-0.1, -0.05) is 22.9 Å². The second kappa shape index (κ2) is 5.84. The summed E-state index contributed by atoms with van der Waals surface area (Å²) in [5.74, 6) is 0. The van der Waals surface area contributed by atoms with E-state index < -0.39 is 10.0 Å². The Balaban J connectivity index is 2.39. The molecule has 9 heteroatoms. The second-order valence-corrected chi connectivity index (χ2v) is 9.13. The van der Waals surface area contributed by atoms with Gasteiger partial charge in [0.1, 0.15) is 0 Å². The monoisotopic (exact) mass is 492 g/mol. The minimum atomic E-state index is -3.67. The molecule has 0 saturated carbocycles. The van der Waals surface area contributed by atoms with E-state index in [0.717, 1.165) is 14.9 Å². The SMILES string of the molecule is Cc1nc(Cl)sc1S(=O)(=O)Nc1ccc(I)cc1Br. The fraction of sp³-hybridized carbons (Fsp3) is 0.100. The summed E-state index contributed by atoms with van der Waals surface area (Å²) < 4.78 is 29.0. The number of nitrogens with zero attached hydrogens (tertiary/aromatic N) is 1. The number of anilines is 1. The van der Waals surface area contributed by atoms with E-state index >= 15 is 0 Å². The molecule has 0 atom stereocenters. The molecule has 0 unspecified atom stereocenters. The smallest absolute Gasteiger partial charge is 0.273 e. The summed E-state index contributed by atoms with van der Waals surface area (Å²) in [5, 5.41) is 0. The molecule has 1 aromatic carbocycles. The van der Waals surface area contributed by atoms with Gasteiger partial charge in [0.25, 0.3) is 10.0 Å². The van der Waals surface area contributed by atoms with Crippen molar-refractivity contribution in [1.29, 1.82) is 0 Å². The van der Waals surface area contributed by atoms with E-state index in [0.29, 0.717) is 15.9 Å². The summed E-state index contributed by atoms with van der Waals surface area (Å²) in [6, 6.07) is 5.34. The quantitative estimate of drug-likeness (QED) is 0.650. The lowest BCUT2D eigenvalue weighted by Gasteiger charge is -2.08. The number of aromatic nitrogens is 1. The number of benzene rings is 1. The van der Waals surface area contributed by atoms with Gasteiger partial charge in [-0.25, -0.2) is 13.4 Å². The van der Waals surface area contributed by atoms with Crippen LogP contribution in [0.25, 0.3) is 0 Å². The first-order valence-corrected chi connectivity index (χ1v) is 9.45. The first kappa shape index (κ1) is 15.5. The Kier molecular flexibility index (Phi) is 4.76. The van der Waals surface area contributed by atoms with Crippen LogP contribution in [0.3, 0.4) is 0 Å². The van der Waals surface area contributed by atoms with Gasteiger partial charge in [-0.05, 0) is 63.6 Å². The van der Waals surface area contributed by atoms with Crippen LogP contribution in [0.2, 0.25) is 4.47 Å². The van der Waals surface area contributed by atoms with Crippen LogP contribution in [0.4, 0.5) is 5.69 Å². The van der Waals surface area contributed by atoms with Crippen molar-refractivity contribution in [2.75, 3.05) is 4.72 Å². The third kappa shape index (κ3) is 3.60. The van der Waals surface area contributed by atoms with Gasteiger partial charge < -0.3 is 0 Å². The Hall–Kier alpha value is 0.1000. The lowest BCUT2D eigenvalue weighted by atomic mass is 10.3. The molecule has 1 N–H and O–H groups in total. The summed E-state index contributed by atoms with van der Waals surface area (Å²) >= 11 is 12.1. The minimum absolute atomic E-state index is 0.128. The summed E-state index contributed by atoms with van der Waals surface area (Å²) in [4.78, 5) is 3.91. The molecule has 0 fully saturated rings. The summed E-state index contributed by atoms with van der Waals surface area (Å²) in [7, 11) is -3.67. The van der Waals surface area contributed by atoms with Crippen molar-refractivity contribution >= 4 is 77.2 Å². The van der Waals surface area contributed by atoms with Gasteiger partial charge in [0.15, 0.2) is 8.68 Å². The molecule has 2 aromatic rings. The van der Waals surface area contributed by atoms with Crippen molar-refractivity contribution in [2.45, 2.75) is 11.1 Å². The maximum atomic E-state index is 12.3. The third-order valence-corrected chi connectivity index (χ3v) is 6.71. The second-order valence-electron chi connectivity index (χ2n) is 3.57. The van der Waals surface area contributed by atoms with Gasteiger partial charge in [0, 0.05) is 8.04 Å². The van der Waals surface area contributed by atoms with Crippen LogP contribution in [0.1, 0.15) is 5.69 Å². The maximum absolute atomic E-state index is 12.3. The molecule has 0 spiro atoms. The summed E-state index contributed by atoms with van der Waals surface area (Å²) in [6.07, 6.45) is 0. The van der Waals surface area contributed by atoms with E-state index in [9.17, 15) is 8.42 Å². The van der Waals surface area contributed by atoms with Gasteiger partial charge in [-0.2, -0.15) is 0 Å². The Bertz CT molecular complexity index is 733. The van der Waals surface area contributed by atoms with Gasteiger partial charge in [-0.3, -0.25) is 4.72 Å². The summed E-state index contributed by atoms with van der Waals surface area (Å²) in [5.41, 5.74) is 0.869. The van der Waals surface area contributed by atoms with Gasteiger partial charge >= 0.3 is 0 Å². The summed E-state index contributed by atoms with van der Waals surface area (Å²) in [6.45, 7) is 1.61. The highest BCUT2D eigenvalue weighted by Crippen LogP contribution is 2.31. The van der Waals surface area contributed by atoms with Crippen LogP contribution in [0, 0.1) is 10.5 Å². The van der Waals surface area contributed by atoms with Crippen LogP contribution in [0.15, 0.2) is 26.9 Å². The van der Waals surface area contributed by atoms with Crippen molar-refractivity contribution < 1.29 is 8.42 Å². The number of sulfonamides is 1. The molecule has 0 amide bonds. The zero-order valence-electron chi connectivity index (χ0n) is 9.45. The molecular weight excluding hydrogens is 487 g/mol. The highest BCUT2D eigenvalue weighted by Gasteiger charge is 2.22. The molecule has 1 aromatic heterocycles. The molecule has 0 bridgehead atoms. The molecular formula is C10H7BrClIN2O2S2. The Morgan fingerprint density at radius 1 is 1.47 bits per heavy atom. The van der Waals surface area contributed by atoms with Gasteiger partial charge in [0.2, 0.25) is 0 Å². The van der Waals surface area contributed by atoms with E-state index in [1.165, 1.54) is 0 Å². The molecule has 0 aliphatic carbocycles. The van der Waals surface area contributed by atoms with E-state index in [-0.39, 0.29) is 8.68 Å². The number of rotatable bonds is 3. The highest BCUT2D eigenvalue weighted by atomic mass is 127. The van der Waals surface area contributed by atoms with Crippen molar-refractivity contribution in [1.82, 2.24) is 4.98 Å². The van der Waals surface area contributed by atoms with Crippen molar-refractivity contribution in [2.24, 2.45) is 0 Å². The van der Waals surface area contributed by atoms with E-state index in [2.05, 4.69) is 48.2 Å². The van der Waals surface area contributed by atoms with E-state index in [1.807, 2.05) is 12.1 Å². The van der Waals surface area contributed by atoms with Gasteiger partial charge in [-0.15, -0.1) is 0 Å². The molecule has 19 heavy (non-hydrogen) atoms. The molecule has 0 aliphatic rings. The zero-order chi connectivity index (χ0) is 14.2. The molecule has 1 heterocycles. The van der Waals surface area contributed by atoms with Crippen molar-refractivity contribution in [3.8, 4) is 0 Å². The zero-order valence-corrected chi connectivity index (χ0v) is 15.6. The average molecular weight is 494 g/mol. The first-order valence-electron chi connectivity index (χ1n) is 4.90. The largest absolute Gasteiger partial charge is 0.278 e. The lowest BCUT2D eigenvalue weighted by molar-refractivity contribution is 0.602. The number of thiazole rings is 1. The normalized spacial score (nSPS) is 11.6. The van der Waals surface area contributed by atoms with Crippen LogP contribution in [0.5, 0.6) is 0 Å². The molecule has 0 saturated heterocycles. The van der Waals surface area contributed by atoms with Crippen LogP contribution >= 0.6 is 61.5 Å². The maximum Gasteiger partial charge on any atom is 0.273 e. The van der Waals surface area contributed by atoms with Crippen molar-refractivity contribution in [3.05, 3.63) is 36.4 Å². The molecule has 4 nitrogen and oxygen atoms in total. The van der Waals surface area contributed by atoms with Crippen molar-refractivity contribution in [3.63, 3.8) is 0 Å². The fourth-order valence-corrected chi connectivity index (χ4v) is 5.71. The number of hydrogen-bond donors (Lipinski definition) is 1. The third-order valence-electron chi connectivity index (χ3n) is 2.15. The number of aryl methyl sites for hydroxylation is 1. The lowest BCUT2D eigenvalue weighted by Crippen LogP contribution is -2.13. The fourth-order valence-electron chi connectivity index (χ4n) is 1.36. The molecule has 2 rings (SSSR count). The predicted molar refractivity (Wildman–Crippen MR) is 89.5 cm³/mol. The van der Waals surface area contributed by atoms with Gasteiger partial charge in [0.05, 0.1) is 11.4 Å².